The monoisotopic (exact) mass is 298 g/mol. The Hall–Kier alpha value is -2.15. The fraction of sp³-hybridized carbons (Fsp3) is 0.429. The number of hydrogen-bond donors (Lipinski definition) is 4. The minimum absolute atomic E-state index is 0.193. The van der Waals surface area contributed by atoms with Crippen molar-refractivity contribution in [3.63, 3.8) is 0 Å². The second-order valence-electron chi connectivity index (χ2n) is 5.17. The number of benzene rings is 1. The van der Waals surface area contributed by atoms with Crippen LogP contribution in [-0.4, -0.2) is 34.4 Å². The summed E-state index contributed by atoms with van der Waals surface area (Å²) in [5.41, 5.74) is -0.800. The quantitative estimate of drug-likeness (QED) is 0.638. The maximum absolute atomic E-state index is 12.8. The molecule has 0 bridgehead atoms. The van der Waals surface area contributed by atoms with E-state index in [1.54, 1.807) is 19.1 Å². The summed E-state index contributed by atoms with van der Waals surface area (Å²) >= 11 is 0. The lowest BCUT2D eigenvalue weighted by Gasteiger charge is -2.22. The van der Waals surface area contributed by atoms with E-state index in [0.29, 0.717) is 0 Å². The van der Waals surface area contributed by atoms with Crippen LogP contribution in [-0.2, 0) is 4.79 Å². The van der Waals surface area contributed by atoms with Gasteiger partial charge in [0.25, 0.3) is 0 Å². The van der Waals surface area contributed by atoms with Crippen molar-refractivity contribution in [3.05, 3.63) is 35.6 Å². The molecule has 7 heteroatoms. The molecule has 0 radical (unpaired) electrons. The molecule has 0 aliphatic carbocycles. The molecule has 2 amide bonds. The van der Waals surface area contributed by atoms with Crippen molar-refractivity contribution in [2.75, 3.05) is 6.54 Å². The number of urea groups is 1. The highest BCUT2D eigenvalue weighted by Gasteiger charge is 2.25. The predicted octanol–water partition coefficient (Wildman–Crippen LogP) is 1.41. The fourth-order valence-electron chi connectivity index (χ4n) is 1.74. The van der Waals surface area contributed by atoms with E-state index < -0.39 is 24.0 Å². The number of carboxylic acid groups (broad SMARTS) is 1. The highest BCUT2D eigenvalue weighted by molar-refractivity contribution is 5.74. The molecule has 0 saturated carbocycles. The summed E-state index contributed by atoms with van der Waals surface area (Å²) in [4.78, 5) is 22.2. The average Bonchev–Trinajstić information content (AvgIpc) is 2.36. The Labute approximate surface area is 122 Å². The second-order valence-corrected chi connectivity index (χ2v) is 5.17. The Balaban J connectivity index is 2.46. The minimum Gasteiger partial charge on any atom is -0.481 e. The van der Waals surface area contributed by atoms with Gasteiger partial charge in [-0.05, 0) is 31.5 Å². The van der Waals surface area contributed by atoms with E-state index in [4.69, 9.17) is 5.11 Å². The number of aliphatic carboxylic acids is 1. The Morgan fingerprint density at radius 1 is 1.33 bits per heavy atom. The molecule has 4 N–H and O–H groups in total. The first-order chi connectivity index (χ1) is 9.69. The van der Waals surface area contributed by atoms with Crippen LogP contribution >= 0.6 is 0 Å². The smallest absolute Gasteiger partial charge is 0.315 e. The first kappa shape index (κ1) is 16.9. The van der Waals surface area contributed by atoms with E-state index in [1.165, 1.54) is 19.1 Å². The summed E-state index contributed by atoms with van der Waals surface area (Å²) in [7, 11) is 0. The maximum Gasteiger partial charge on any atom is 0.315 e. The molecule has 0 aliphatic rings. The van der Waals surface area contributed by atoms with Crippen LogP contribution in [0.2, 0.25) is 0 Å². The van der Waals surface area contributed by atoms with Crippen molar-refractivity contribution < 1.29 is 24.2 Å². The molecule has 2 unspecified atom stereocenters. The molecule has 2 atom stereocenters. The van der Waals surface area contributed by atoms with Crippen LogP contribution in [0.3, 0.4) is 0 Å². The molecule has 116 valence electrons. The summed E-state index contributed by atoms with van der Waals surface area (Å²) < 4.78 is 12.8. The molecule has 21 heavy (non-hydrogen) atoms. The van der Waals surface area contributed by atoms with E-state index in [0.717, 1.165) is 5.56 Å². The van der Waals surface area contributed by atoms with Crippen molar-refractivity contribution in [1.82, 2.24) is 10.6 Å². The van der Waals surface area contributed by atoms with Gasteiger partial charge >= 0.3 is 12.0 Å². The van der Waals surface area contributed by atoms with Gasteiger partial charge in [-0.1, -0.05) is 12.1 Å². The number of rotatable bonds is 6. The SMILES string of the molecule is CC(NC(=O)NCC(C)(O)CC(=O)O)c1ccc(F)cc1. The van der Waals surface area contributed by atoms with Crippen molar-refractivity contribution in [1.29, 1.82) is 0 Å². The van der Waals surface area contributed by atoms with E-state index >= 15 is 0 Å². The molecule has 0 aromatic heterocycles. The second kappa shape index (κ2) is 7.03. The third-order valence-corrected chi connectivity index (χ3v) is 2.88. The predicted molar refractivity (Wildman–Crippen MR) is 74.2 cm³/mol. The van der Waals surface area contributed by atoms with Gasteiger partial charge in [0.2, 0.25) is 0 Å². The van der Waals surface area contributed by atoms with E-state index in [1.807, 2.05) is 0 Å². The van der Waals surface area contributed by atoms with Gasteiger partial charge in [0.05, 0.1) is 18.1 Å². The first-order valence-corrected chi connectivity index (χ1v) is 6.43. The summed E-state index contributed by atoms with van der Waals surface area (Å²) in [6, 6.07) is 4.81. The number of halogens is 1. The van der Waals surface area contributed by atoms with Crippen LogP contribution in [0.5, 0.6) is 0 Å². The van der Waals surface area contributed by atoms with E-state index in [-0.39, 0.29) is 18.4 Å². The van der Waals surface area contributed by atoms with Gasteiger partial charge in [-0.2, -0.15) is 0 Å². The number of nitrogens with one attached hydrogen (secondary N) is 2. The Morgan fingerprint density at radius 3 is 2.43 bits per heavy atom. The average molecular weight is 298 g/mol. The lowest BCUT2D eigenvalue weighted by molar-refractivity contribution is -0.141. The normalized spacial score (nSPS) is 14.9. The topological polar surface area (TPSA) is 98.7 Å². The summed E-state index contributed by atoms with van der Waals surface area (Å²) in [6.45, 7) is 2.86. The third-order valence-electron chi connectivity index (χ3n) is 2.88. The lowest BCUT2D eigenvalue weighted by atomic mass is 10.0. The molecule has 0 spiro atoms. The van der Waals surface area contributed by atoms with E-state index in [9.17, 15) is 19.1 Å². The van der Waals surface area contributed by atoms with Gasteiger partial charge in [0.15, 0.2) is 0 Å². The summed E-state index contributed by atoms with van der Waals surface area (Å²) in [5.74, 6) is -1.51. The number of carbonyl (C=O) groups excluding carboxylic acids is 1. The zero-order valence-corrected chi connectivity index (χ0v) is 11.9. The van der Waals surface area contributed by atoms with Crippen molar-refractivity contribution >= 4 is 12.0 Å². The number of carbonyl (C=O) groups is 2. The van der Waals surface area contributed by atoms with E-state index in [2.05, 4.69) is 10.6 Å². The number of carboxylic acids is 1. The molecule has 1 aromatic carbocycles. The Morgan fingerprint density at radius 2 is 1.90 bits per heavy atom. The van der Waals surface area contributed by atoms with Crippen molar-refractivity contribution in [2.24, 2.45) is 0 Å². The van der Waals surface area contributed by atoms with Crippen LogP contribution in [0.25, 0.3) is 0 Å². The van der Waals surface area contributed by atoms with Gasteiger partial charge < -0.3 is 20.8 Å². The van der Waals surface area contributed by atoms with Crippen molar-refractivity contribution in [2.45, 2.75) is 31.9 Å². The zero-order chi connectivity index (χ0) is 16.0. The Bertz CT molecular complexity index is 502. The third kappa shape index (κ3) is 6.22. The number of amides is 2. The van der Waals surface area contributed by atoms with Gasteiger partial charge in [-0.3, -0.25) is 4.79 Å². The van der Waals surface area contributed by atoms with Crippen LogP contribution in [0, 0.1) is 5.82 Å². The van der Waals surface area contributed by atoms with Gasteiger partial charge in [0, 0.05) is 6.54 Å². The number of hydrogen-bond acceptors (Lipinski definition) is 3. The molecule has 6 nitrogen and oxygen atoms in total. The molecule has 0 saturated heterocycles. The fourth-order valence-corrected chi connectivity index (χ4v) is 1.74. The largest absolute Gasteiger partial charge is 0.481 e. The van der Waals surface area contributed by atoms with Crippen LogP contribution in [0.15, 0.2) is 24.3 Å². The molecule has 0 aliphatic heterocycles. The molecular formula is C14H19FN2O4. The lowest BCUT2D eigenvalue weighted by Crippen LogP contribution is -2.46. The maximum atomic E-state index is 12.8. The zero-order valence-electron chi connectivity index (χ0n) is 11.9. The highest BCUT2D eigenvalue weighted by atomic mass is 19.1. The molecule has 0 heterocycles. The standard InChI is InChI=1S/C14H19FN2O4/c1-9(10-3-5-11(15)6-4-10)17-13(20)16-8-14(2,21)7-12(18)19/h3-6,9,21H,7-8H2,1-2H3,(H,18,19)(H2,16,17,20). The molecule has 1 aromatic rings. The molecule has 0 fully saturated rings. The Kier molecular flexibility index (Phi) is 5.66. The molecular weight excluding hydrogens is 279 g/mol. The first-order valence-electron chi connectivity index (χ1n) is 6.43. The highest BCUT2D eigenvalue weighted by Crippen LogP contribution is 2.12. The van der Waals surface area contributed by atoms with Crippen LogP contribution < -0.4 is 10.6 Å². The van der Waals surface area contributed by atoms with Crippen LogP contribution in [0.4, 0.5) is 9.18 Å². The van der Waals surface area contributed by atoms with Crippen LogP contribution in [0.1, 0.15) is 31.9 Å². The van der Waals surface area contributed by atoms with Gasteiger partial charge in [-0.15, -0.1) is 0 Å². The number of aliphatic hydroxyl groups is 1. The van der Waals surface area contributed by atoms with Gasteiger partial charge in [0.1, 0.15) is 5.82 Å². The van der Waals surface area contributed by atoms with Crippen molar-refractivity contribution in [3.8, 4) is 0 Å². The minimum atomic E-state index is -1.53. The summed E-state index contributed by atoms with van der Waals surface area (Å²) in [6.07, 6.45) is -0.471. The summed E-state index contributed by atoms with van der Waals surface area (Å²) in [5, 5.41) is 23.4. The van der Waals surface area contributed by atoms with Gasteiger partial charge in [-0.25, -0.2) is 9.18 Å². The molecule has 1 rings (SSSR count).